The second-order valence-corrected chi connectivity index (χ2v) is 3.07. The highest BCUT2D eigenvalue weighted by Gasteiger charge is 2.17. The number of carbonyl (C=O) groups excluding carboxylic acids is 2. The minimum atomic E-state index is -0.307. The van der Waals surface area contributed by atoms with Crippen LogP contribution < -0.4 is 0 Å². The number of hydrogen-bond acceptors (Lipinski definition) is 2. The Morgan fingerprint density at radius 3 is 2.15 bits per heavy atom. The zero-order chi connectivity index (χ0) is 9.68. The second-order valence-electron chi connectivity index (χ2n) is 3.07. The molecule has 0 saturated carbocycles. The van der Waals surface area contributed by atoms with Crippen molar-refractivity contribution in [3.05, 3.63) is 35.9 Å². The van der Waals surface area contributed by atoms with Crippen LogP contribution >= 0.6 is 0 Å². The lowest BCUT2D eigenvalue weighted by molar-refractivity contribution is -0.116. The van der Waals surface area contributed by atoms with Gasteiger partial charge in [0, 0.05) is 11.8 Å². The van der Waals surface area contributed by atoms with Crippen molar-refractivity contribution >= 4 is 12.6 Å². The van der Waals surface area contributed by atoms with Gasteiger partial charge in [0.05, 0.1) is 0 Å². The number of benzene rings is 1. The molecule has 0 amide bonds. The molecular formula is C11H12O2. The van der Waals surface area contributed by atoms with E-state index in [1.807, 2.05) is 30.3 Å². The molecule has 0 bridgehead atoms. The lowest BCUT2D eigenvalue weighted by atomic mass is 9.90. The van der Waals surface area contributed by atoms with Gasteiger partial charge in [-0.3, -0.25) is 0 Å². The molecule has 1 aromatic rings. The molecule has 1 rings (SSSR count). The average Bonchev–Trinajstić information content (AvgIpc) is 2.20. The van der Waals surface area contributed by atoms with Gasteiger partial charge in [-0.2, -0.15) is 0 Å². The predicted molar refractivity (Wildman–Crippen MR) is 50.5 cm³/mol. The van der Waals surface area contributed by atoms with Crippen LogP contribution in [0.2, 0.25) is 0 Å². The molecule has 68 valence electrons. The maximum absolute atomic E-state index is 10.7. The van der Waals surface area contributed by atoms with Crippen molar-refractivity contribution in [1.29, 1.82) is 0 Å². The van der Waals surface area contributed by atoms with E-state index in [9.17, 15) is 9.59 Å². The van der Waals surface area contributed by atoms with Gasteiger partial charge in [-0.1, -0.05) is 37.3 Å². The Bertz CT molecular complexity index is 279. The summed E-state index contributed by atoms with van der Waals surface area (Å²) in [6, 6.07) is 9.34. The number of aldehydes is 2. The standard InChI is InChI=1S/C11H12O2/c1-9(7-12)11(8-13)10-5-3-2-4-6-10/h2-9,11H,1H3. The van der Waals surface area contributed by atoms with Gasteiger partial charge in [0.2, 0.25) is 0 Å². The predicted octanol–water partition coefficient (Wildman–Crippen LogP) is 1.80. The summed E-state index contributed by atoms with van der Waals surface area (Å²) in [6.45, 7) is 1.75. The van der Waals surface area contributed by atoms with E-state index < -0.39 is 0 Å². The third-order valence-electron chi connectivity index (χ3n) is 2.11. The molecule has 0 saturated heterocycles. The van der Waals surface area contributed by atoms with Crippen LogP contribution in [0, 0.1) is 5.92 Å². The molecule has 0 aliphatic carbocycles. The summed E-state index contributed by atoms with van der Waals surface area (Å²) in [4.78, 5) is 21.3. The molecule has 0 aliphatic heterocycles. The molecule has 0 fully saturated rings. The zero-order valence-corrected chi connectivity index (χ0v) is 7.51. The lowest BCUT2D eigenvalue weighted by Crippen LogP contribution is -2.12. The molecule has 0 spiro atoms. The van der Waals surface area contributed by atoms with Gasteiger partial charge in [-0.05, 0) is 5.56 Å². The third-order valence-corrected chi connectivity index (χ3v) is 2.11. The van der Waals surface area contributed by atoms with Crippen molar-refractivity contribution in [3.8, 4) is 0 Å². The van der Waals surface area contributed by atoms with Crippen molar-refractivity contribution < 1.29 is 9.59 Å². The molecule has 13 heavy (non-hydrogen) atoms. The van der Waals surface area contributed by atoms with Gasteiger partial charge < -0.3 is 9.59 Å². The van der Waals surface area contributed by atoms with E-state index in [0.717, 1.165) is 18.1 Å². The molecule has 2 atom stereocenters. The normalized spacial score (nSPS) is 14.5. The van der Waals surface area contributed by atoms with E-state index in [2.05, 4.69) is 0 Å². The van der Waals surface area contributed by atoms with E-state index in [1.165, 1.54) is 0 Å². The smallest absolute Gasteiger partial charge is 0.128 e. The summed E-state index contributed by atoms with van der Waals surface area (Å²) in [6.07, 6.45) is 1.64. The fraction of sp³-hybridized carbons (Fsp3) is 0.273. The molecule has 0 N–H and O–H groups in total. The first kappa shape index (κ1) is 9.65. The van der Waals surface area contributed by atoms with E-state index in [0.29, 0.717) is 0 Å². The first-order valence-corrected chi connectivity index (χ1v) is 4.25. The van der Waals surface area contributed by atoms with Gasteiger partial charge in [-0.15, -0.1) is 0 Å². The van der Waals surface area contributed by atoms with Crippen LogP contribution in [0.15, 0.2) is 30.3 Å². The Morgan fingerprint density at radius 1 is 1.08 bits per heavy atom. The van der Waals surface area contributed by atoms with E-state index in [1.54, 1.807) is 6.92 Å². The fourth-order valence-electron chi connectivity index (χ4n) is 1.27. The first-order valence-electron chi connectivity index (χ1n) is 4.25. The highest BCUT2D eigenvalue weighted by Crippen LogP contribution is 2.20. The molecule has 0 radical (unpaired) electrons. The Balaban J connectivity index is 2.90. The van der Waals surface area contributed by atoms with E-state index in [-0.39, 0.29) is 11.8 Å². The number of rotatable bonds is 4. The molecule has 0 heterocycles. The maximum Gasteiger partial charge on any atom is 0.128 e. The van der Waals surface area contributed by atoms with E-state index >= 15 is 0 Å². The second kappa shape index (κ2) is 4.55. The number of hydrogen-bond donors (Lipinski definition) is 0. The molecule has 0 aliphatic rings. The molecule has 0 aromatic heterocycles. The summed E-state index contributed by atoms with van der Waals surface area (Å²) >= 11 is 0. The highest BCUT2D eigenvalue weighted by atomic mass is 16.1. The Hall–Kier alpha value is -1.44. The summed E-state index contributed by atoms with van der Waals surface area (Å²) in [5, 5.41) is 0. The Morgan fingerprint density at radius 2 is 1.69 bits per heavy atom. The first-order chi connectivity index (χ1) is 6.29. The van der Waals surface area contributed by atoms with Gasteiger partial charge in [0.1, 0.15) is 12.6 Å². The third kappa shape index (κ3) is 2.25. The molecular weight excluding hydrogens is 164 g/mol. The lowest BCUT2D eigenvalue weighted by Gasteiger charge is -2.12. The molecule has 2 nitrogen and oxygen atoms in total. The summed E-state index contributed by atoms with van der Waals surface area (Å²) in [5.74, 6) is -0.557. The molecule has 1 aromatic carbocycles. The maximum atomic E-state index is 10.7. The van der Waals surface area contributed by atoms with Crippen LogP contribution in [0.25, 0.3) is 0 Å². The van der Waals surface area contributed by atoms with Crippen molar-refractivity contribution in [2.75, 3.05) is 0 Å². The van der Waals surface area contributed by atoms with Crippen LogP contribution in [0.1, 0.15) is 18.4 Å². The summed E-state index contributed by atoms with van der Waals surface area (Å²) < 4.78 is 0. The topological polar surface area (TPSA) is 34.1 Å². The number of carbonyl (C=O) groups is 2. The van der Waals surface area contributed by atoms with Crippen LogP contribution in [0.3, 0.4) is 0 Å². The van der Waals surface area contributed by atoms with E-state index in [4.69, 9.17) is 0 Å². The van der Waals surface area contributed by atoms with Crippen molar-refractivity contribution in [2.45, 2.75) is 12.8 Å². The monoisotopic (exact) mass is 176 g/mol. The van der Waals surface area contributed by atoms with Crippen LogP contribution in [-0.2, 0) is 9.59 Å². The fourth-order valence-corrected chi connectivity index (χ4v) is 1.27. The van der Waals surface area contributed by atoms with Crippen molar-refractivity contribution in [1.82, 2.24) is 0 Å². The summed E-state index contributed by atoms with van der Waals surface area (Å²) in [7, 11) is 0. The molecule has 2 unspecified atom stereocenters. The minimum Gasteiger partial charge on any atom is -0.303 e. The zero-order valence-electron chi connectivity index (χ0n) is 7.51. The van der Waals surface area contributed by atoms with Gasteiger partial charge >= 0.3 is 0 Å². The van der Waals surface area contributed by atoms with Crippen LogP contribution in [-0.4, -0.2) is 12.6 Å². The summed E-state index contributed by atoms with van der Waals surface area (Å²) in [5.41, 5.74) is 0.900. The quantitative estimate of drug-likeness (QED) is 0.655. The van der Waals surface area contributed by atoms with Crippen molar-refractivity contribution in [2.24, 2.45) is 5.92 Å². The van der Waals surface area contributed by atoms with Gasteiger partial charge in [0.25, 0.3) is 0 Å². The molecule has 2 heteroatoms. The minimum absolute atomic E-state index is 0.250. The largest absolute Gasteiger partial charge is 0.303 e. The van der Waals surface area contributed by atoms with Gasteiger partial charge in [-0.25, -0.2) is 0 Å². The average molecular weight is 176 g/mol. The van der Waals surface area contributed by atoms with Crippen molar-refractivity contribution in [3.63, 3.8) is 0 Å². The van der Waals surface area contributed by atoms with Crippen LogP contribution in [0.4, 0.5) is 0 Å². The Labute approximate surface area is 77.6 Å². The highest BCUT2D eigenvalue weighted by molar-refractivity contribution is 5.70. The van der Waals surface area contributed by atoms with Gasteiger partial charge in [0.15, 0.2) is 0 Å². The Kier molecular flexibility index (Phi) is 3.38. The van der Waals surface area contributed by atoms with Crippen LogP contribution in [0.5, 0.6) is 0 Å². The SMILES string of the molecule is CC(C=O)C(C=O)c1ccccc1.